The Morgan fingerprint density at radius 3 is 2.62 bits per heavy atom. The van der Waals surface area contributed by atoms with E-state index in [1.165, 1.54) is 19.2 Å². The number of rotatable bonds is 10. The average Bonchev–Trinajstić information content (AvgIpc) is 3.12. The minimum Gasteiger partial charge on any atom is -0.493 e. The van der Waals surface area contributed by atoms with Crippen LogP contribution in [0.5, 0.6) is 5.75 Å². The fourth-order valence-electron chi connectivity index (χ4n) is 4.41. The molecule has 1 aromatic carbocycles. The van der Waals surface area contributed by atoms with Crippen molar-refractivity contribution in [2.45, 2.75) is 50.5 Å². The topological polar surface area (TPSA) is 95.7 Å². The standard InChI is InChI=1S/C25H30F5N3O4/c1-14-19(17-5-6-18(26)20(27)21(17)35-3)22(37-24(14,2)25(28,29)30)23(34)33-16-7-10-32-15(13-16)8-12-36-11-4-9-31/h5-7,10,13-14,19,22H,4,8-9,11-12,31H2,1-3H3,(H,32,33,34)/t14-,19-,22+,24+/m0/s1. The summed E-state index contributed by atoms with van der Waals surface area (Å²) in [6.45, 7) is 3.46. The molecule has 37 heavy (non-hydrogen) atoms. The summed E-state index contributed by atoms with van der Waals surface area (Å²) in [7, 11) is 1.07. The van der Waals surface area contributed by atoms with E-state index in [0.717, 1.165) is 26.2 Å². The van der Waals surface area contributed by atoms with Crippen LogP contribution < -0.4 is 15.8 Å². The predicted molar refractivity (Wildman–Crippen MR) is 125 cm³/mol. The predicted octanol–water partition coefficient (Wildman–Crippen LogP) is 4.35. The summed E-state index contributed by atoms with van der Waals surface area (Å²) >= 11 is 0. The van der Waals surface area contributed by atoms with Crippen LogP contribution in [0.2, 0.25) is 0 Å². The van der Waals surface area contributed by atoms with Gasteiger partial charge in [-0.25, -0.2) is 4.39 Å². The van der Waals surface area contributed by atoms with Gasteiger partial charge >= 0.3 is 6.18 Å². The number of anilines is 1. The minimum atomic E-state index is -4.85. The second-order valence-corrected chi connectivity index (χ2v) is 8.97. The number of nitrogens with zero attached hydrogens (tertiary/aromatic N) is 1. The van der Waals surface area contributed by atoms with Crippen molar-refractivity contribution in [1.82, 2.24) is 4.98 Å². The second kappa shape index (κ2) is 11.7. The Hall–Kier alpha value is -2.83. The molecule has 0 saturated carbocycles. The van der Waals surface area contributed by atoms with E-state index in [4.69, 9.17) is 19.9 Å². The Bertz CT molecular complexity index is 1100. The van der Waals surface area contributed by atoms with Gasteiger partial charge in [0.05, 0.1) is 13.7 Å². The monoisotopic (exact) mass is 531 g/mol. The quantitative estimate of drug-likeness (QED) is 0.350. The van der Waals surface area contributed by atoms with Crippen molar-refractivity contribution in [3.63, 3.8) is 0 Å². The number of nitrogens with one attached hydrogen (secondary N) is 1. The van der Waals surface area contributed by atoms with E-state index in [2.05, 4.69) is 10.3 Å². The number of carbonyl (C=O) groups is 1. The summed E-state index contributed by atoms with van der Waals surface area (Å²) in [5.41, 5.74) is 3.45. The van der Waals surface area contributed by atoms with Gasteiger partial charge in [-0.1, -0.05) is 13.0 Å². The van der Waals surface area contributed by atoms with E-state index in [0.29, 0.717) is 38.3 Å². The molecule has 1 aliphatic rings. The SMILES string of the molecule is COc1c([C@H]2[C@H](C(=O)Nc3ccnc(CCOCCCN)c3)O[C@@](C)(C(F)(F)F)[C@H]2C)ccc(F)c1F. The number of pyridine rings is 1. The number of hydrogen-bond acceptors (Lipinski definition) is 6. The van der Waals surface area contributed by atoms with Crippen LogP contribution in [0.3, 0.4) is 0 Å². The van der Waals surface area contributed by atoms with Gasteiger partial charge in [-0.3, -0.25) is 9.78 Å². The molecule has 2 aromatic rings. The molecule has 1 saturated heterocycles. The molecule has 0 bridgehead atoms. The average molecular weight is 532 g/mol. The summed E-state index contributed by atoms with van der Waals surface area (Å²) in [5.74, 6) is -6.70. The number of benzene rings is 1. The van der Waals surface area contributed by atoms with Gasteiger partial charge in [0.1, 0.15) is 6.10 Å². The summed E-state index contributed by atoms with van der Waals surface area (Å²) in [6, 6.07) is 4.94. The van der Waals surface area contributed by atoms with Crippen LogP contribution in [0.15, 0.2) is 30.5 Å². The highest BCUT2D eigenvalue weighted by molar-refractivity contribution is 5.95. The van der Waals surface area contributed by atoms with E-state index in [1.54, 1.807) is 6.07 Å². The van der Waals surface area contributed by atoms with Crippen LogP contribution in [0, 0.1) is 17.6 Å². The summed E-state index contributed by atoms with van der Waals surface area (Å²) in [4.78, 5) is 17.5. The first-order chi connectivity index (χ1) is 17.4. The van der Waals surface area contributed by atoms with Crippen LogP contribution >= 0.6 is 0 Å². The van der Waals surface area contributed by atoms with Crippen molar-refractivity contribution < 1.29 is 41.0 Å². The zero-order chi connectivity index (χ0) is 27.4. The number of hydrogen-bond donors (Lipinski definition) is 2. The van der Waals surface area contributed by atoms with Crippen LogP contribution in [-0.2, 0) is 20.7 Å². The van der Waals surface area contributed by atoms with Gasteiger partial charge in [0.25, 0.3) is 5.91 Å². The molecule has 1 aliphatic heterocycles. The molecule has 3 N–H and O–H groups in total. The molecule has 0 unspecified atom stereocenters. The Labute approximate surface area is 211 Å². The van der Waals surface area contributed by atoms with E-state index in [1.807, 2.05) is 0 Å². The molecule has 1 aromatic heterocycles. The number of aromatic nitrogens is 1. The molecule has 0 radical (unpaired) electrons. The van der Waals surface area contributed by atoms with Crippen LogP contribution in [0.1, 0.15) is 37.4 Å². The zero-order valence-corrected chi connectivity index (χ0v) is 20.7. The van der Waals surface area contributed by atoms with Crippen LogP contribution in [-0.4, -0.2) is 55.6 Å². The number of alkyl halides is 3. The smallest absolute Gasteiger partial charge is 0.417 e. The van der Waals surface area contributed by atoms with Gasteiger partial charge in [-0.2, -0.15) is 17.6 Å². The number of carbonyl (C=O) groups excluding carboxylic acids is 1. The number of nitrogens with two attached hydrogens (primary N) is 1. The van der Waals surface area contributed by atoms with E-state index in [-0.39, 0.29) is 11.3 Å². The fourth-order valence-corrected chi connectivity index (χ4v) is 4.41. The van der Waals surface area contributed by atoms with Gasteiger partial charge in [0.2, 0.25) is 5.82 Å². The van der Waals surface area contributed by atoms with Gasteiger partial charge in [0.15, 0.2) is 17.2 Å². The normalized spacial score (nSPS) is 23.8. The third-order valence-electron chi connectivity index (χ3n) is 6.65. The molecule has 1 fully saturated rings. The van der Waals surface area contributed by atoms with Crippen molar-refractivity contribution in [2.24, 2.45) is 11.7 Å². The molecule has 0 spiro atoms. The summed E-state index contributed by atoms with van der Waals surface area (Å²) in [5, 5.41) is 2.57. The molecule has 3 rings (SSSR count). The Morgan fingerprint density at radius 1 is 1.24 bits per heavy atom. The number of ether oxygens (including phenoxy) is 3. The fraction of sp³-hybridized carbons (Fsp3) is 0.520. The summed E-state index contributed by atoms with van der Waals surface area (Å²) < 4.78 is 86.3. The van der Waals surface area contributed by atoms with Gasteiger partial charge in [-0.15, -0.1) is 0 Å². The highest BCUT2D eigenvalue weighted by Gasteiger charge is 2.65. The van der Waals surface area contributed by atoms with Crippen molar-refractivity contribution in [2.75, 3.05) is 32.2 Å². The van der Waals surface area contributed by atoms with Crippen molar-refractivity contribution in [3.05, 3.63) is 53.4 Å². The Kier molecular flexibility index (Phi) is 9.09. The highest BCUT2D eigenvalue weighted by atomic mass is 19.4. The maximum absolute atomic E-state index is 14.5. The molecule has 204 valence electrons. The molecule has 1 amide bonds. The van der Waals surface area contributed by atoms with Crippen LogP contribution in [0.25, 0.3) is 0 Å². The number of amides is 1. The summed E-state index contributed by atoms with van der Waals surface area (Å²) in [6.07, 6.45) is -3.94. The molecule has 4 atom stereocenters. The zero-order valence-electron chi connectivity index (χ0n) is 20.7. The Morgan fingerprint density at radius 2 is 1.97 bits per heavy atom. The molecular weight excluding hydrogens is 501 g/mol. The van der Waals surface area contributed by atoms with E-state index >= 15 is 0 Å². The minimum absolute atomic E-state index is 0.105. The second-order valence-electron chi connectivity index (χ2n) is 8.97. The van der Waals surface area contributed by atoms with Crippen molar-refractivity contribution in [3.8, 4) is 5.75 Å². The third-order valence-corrected chi connectivity index (χ3v) is 6.65. The number of methoxy groups -OCH3 is 1. The van der Waals surface area contributed by atoms with Crippen molar-refractivity contribution >= 4 is 11.6 Å². The first-order valence-corrected chi connectivity index (χ1v) is 11.7. The lowest BCUT2D eigenvalue weighted by Crippen LogP contribution is -2.47. The molecule has 0 aliphatic carbocycles. The maximum atomic E-state index is 14.5. The van der Waals surface area contributed by atoms with E-state index in [9.17, 15) is 26.7 Å². The largest absolute Gasteiger partial charge is 0.493 e. The number of halogens is 5. The molecule has 12 heteroatoms. The first kappa shape index (κ1) is 28.7. The van der Waals surface area contributed by atoms with Gasteiger partial charge < -0.3 is 25.3 Å². The van der Waals surface area contributed by atoms with Gasteiger partial charge in [-0.05, 0) is 38.1 Å². The van der Waals surface area contributed by atoms with Gasteiger partial charge in [0, 0.05) is 48.0 Å². The lowest BCUT2D eigenvalue weighted by Gasteiger charge is -2.32. The molecular formula is C25H30F5N3O4. The van der Waals surface area contributed by atoms with Crippen LogP contribution in [0.4, 0.5) is 27.6 Å². The maximum Gasteiger partial charge on any atom is 0.417 e. The lowest BCUT2D eigenvalue weighted by atomic mass is 9.77. The lowest BCUT2D eigenvalue weighted by molar-refractivity contribution is -0.272. The Balaban J connectivity index is 1.89. The third kappa shape index (κ3) is 6.02. The molecule has 2 heterocycles. The van der Waals surface area contributed by atoms with E-state index < -0.39 is 53.0 Å². The molecule has 7 nitrogen and oxygen atoms in total. The van der Waals surface area contributed by atoms with Crippen molar-refractivity contribution in [1.29, 1.82) is 0 Å². The first-order valence-electron chi connectivity index (χ1n) is 11.7. The highest BCUT2D eigenvalue weighted by Crippen LogP contribution is 2.55.